The lowest BCUT2D eigenvalue weighted by molar-refractivity contribution is -0.126. The Balaban J connectivity index is 1.54. The van der Waals surface area contributed by atoms with Crippen LogP contribution >= 0.6 is 0 Å². The van der Waals surface area contributed by atoms with Crippen molar-refractivity contribution >= 4 is 23.2 Å². The van der Waals surface area contributed by atoms with Crippen molar-refractivity contribution in [1.29, 1.82) is 0 Å². The Bertz CT molecular complexity index is 1410. The fraction of sp³-hybridized carbons (Fsp3) is 0.406. The number of aliphatic hydroxyl groups is 4. The van der Waals surface area contributed by atoms with E-state index in [1.165, 1.54) is 0 Å². The zero-order chi connectivity index (χ0) is 32.7. The van der Waals surface area contributed by atoms with E-state index >= 15 is 0 Å². The van der Waals surface area contributed by atoms with E-state index in [-0.39, 0.29) is 22.9 Å². The molecule has 1 aliphatic rings. The lowest BCUT2D eigenvalue weighted by Crippen LogP contribution is -2.32. The molecule has 3 aromatic rings. The second kappa shape index (κ2) is 15.3. The highest BCUT2D eigenvalue weighted by atomic mass is 16.3. The van der Waals surface area contributed by atoms with Gasteiger partial charge in [-0.2, -0.15) is 0 Å². The second-order valence-electron chi connectivity index (χ2n) is 11.4. The van der Waals surface area contributed by atoms with Crippen LogP contribution in [0, 0.1) is 13.8 Å². The summed E-state index contributed by atoms with van der Waals surface area (Å²) in [6, 6.07) is 12.7. The van der Waals surface area contributed by atoms with E-state index in [0.29, 0.717) is 50.4 Å². The maximum absolute atomic E-state index is 12.2. The molecule has 0 saturated carbocycles. The van der Waals surface area contributed by atoms with Gasteiger partial charge in [-0.1, -0.05) is 18.2 Å². The number of benzene rings is 2. The van der Waals surface area contributed by atoms with Crippen LogP contribution < -0.4 is 10.6 Å². The Kier molecular flexibility index (Phi) is 11.4. The first-order valence-corrected chi connectivity index (χ1v) is 14.7. The number of aromatic nitrogens is 1. The number of nitrogens with one attached hydrogen (secondary N) is 2. The van der Waals surface area contributed by atoms with Crippen molar-refractivity contribution in [3.05, 3.63) is 76.1 Å². The average Bonchev–Trinajstić information content (AvgIpc) is 3.00. The molecule has 0 fully saturated rings. The molecule has 2 heterocycles. The van der Waals surface area contributed by atoms with E-state index in [9.17, 15) is 30.0 Å². The quantitative estimate of drug-likeness (QED) is 0.151. The van der Waals surface area contributed by atoms with Crippen LogP contribution in [0.4, 0.5) is 11.4 Å². The zero-order valence-corrected chi connectivity index (χ0v) is 25.4. The number of aromatic hydroxyl groups is 2. The maximum atomic E-state index is 12.2. The minimum atomic E-state index is -1.61. The first-order chi connectivity index (χ1) is 21.5. The van der Waals surface area contributed by atoms with Gasteiger partial charge in [0.2, 0.25) is 0 Å². The molecule has 242 valence electrons. The van der Waals surface area contributed by atoms with Crippen molar-refractivity contribution in [3.8, 4) is 11.5 Å². The molecule has 2 bridgehead atoms. The molecular weight excluding hydrogens is 582 g/mol. The summed E-state index contributed by atoms with van der Waals surface area (Å²) in [6.07, 6.45) is -2.48. The number of anilines is 2. The van der Waals surface area contributed by atoms with Crippen LogP contribution in [0.15, 0.2) is 42.5 Å². The van der Waals surface area contributed by atoms with Crippen molar-refractivity contribution in [3.63, 3.8) is 0 Å². The van der Waals surface area contributed by atoms with Crippen LogP contribution in [0.25, 0.3) is 0 Å². The third kappa shape index (κ3) is 8.97. The Morgan fingerprint density at radius 2 is 1.20 bits per heavy atom. The Labute approximate surface area is 261 Å². The number of pyridine rings is 1. The summed E-state index contributed by atoms with van der Waals surface area (Å²) in [5, 5.41) is 64.5. The minimum Gasteiger partial charge on any atom is -0.505 e. The predicted octanol–water partition coefficient (Wildman–Crippen LogP) is 1.10. The number of rotatable bonds is 10. The van der Waals surface area contributed by atoms with Crippen LogP contribution in [0.2, 0.25) is 0 Å². The summed E-state index contributed by atoms with van der Waals surface area (Å²) in [5.41, 5.74) is 4.73. The van der Waals surface area contributed by atoms with Crippen molar-refractivity contribution in [1.82, 2.24) is 14.8 Å². The van der Waals surface area contributed by atoms with Crippen molar-refractivity contribution < 1.29 is 40.2 Å². The predicted molar refractivity (Wildman–Crippen MR) is 166 cm³/mol. The smallest absolute Gasteiger partial charge is 0.255 e. The highest BCUT2D eigenvalue weighted by Gasteiger charge is 2.22. The maximum Gasteiger partial charge on any atom is 0.255 e. The number of phenols is 2. The van der Waals surface area contributed by atoms with E-state index in [1.807, 2.05) is 44.2 Å². The highest BCUT2D eigenvalue weighted by molar-refractivity contribution is 5.96. The summed E-state index contributed by atoms with van der Waals surface area (Å²) < 4.78 is 0. The number of carbonyl (C=O) groups is 2. The van der Waals surface area contributed by atoms with Gasteiger partial charge in [0.05, 0.1) is 36.0 Å². The number of fused-ring (bicyclic) bond motifs is 2. The van der Waals surface area contributed by atoms with Crippen LogP contribution in [0.5, 0.6) is 11.5 Å². The third-order valence-electron chi connectivity index (χ3n) is 7.51. The fourth-order valence-electron chi connectivity index (χ4n) is 5.33. The molecule has 0 saturated heterocycles. The number of nitrogens with zero attached hydrogens (tertiary/aromatic N) is 3. The summed E-state index contributed by atoms with van der Waals surface area (Å²) in [5.74, 6) is -1.88. The summed E-state index contributed by atoms with van der Waals surface area (Å²) in [4.78, 5) is 33.4. The summed E-state index contributed by atoms with van der Waals surface area (Å²) >= 11 is 0. The van der Waals surface area contributed by atoms with Gasteiger partial charge < -0.3 is 41.3 Å². The van der Waals surface area contributed by atoms with Gasteiger partial charge in [0.25, 0.3) is 11.8 Å². The standard InChI is InChI=1S/C32H41N5O8/c1-19-9-21(29(42)25(11-19)34-31(44)27(40)17-38)13-36-7-4-8-37(16-24-6-3-5-23(15-36)33-24)14-22-10-20(2)12-26(30(22)43)35-32(45)28(41)18-39/h3,5-6,9-12,27-28,38-43H,4,7-8,13-18H2,1-2H3,(H,34,44)(H,35,45). The van der Waals surface area contributed by atoms with Gasteiger partial charge in [0.1, 0.15) is 11.5 Å². The van der Waals surface area contributed by atoms with Crippen molar-refractivity contribution in [2.45, 2.75) is 58.7 Å². The van der Waals surface area contributed by atoms with Gasteiger partial charge >= 0.3 is 0 Å². The van der Waals surface area contributed by atoms with E-state index < -0.39 is 37.2 Å². The Morgan fingerprint density at radius 1 is 0.778 bits per heavy atom. The first-order valence-electron chi connectivity index (χ1n) is 14.7. The van der Waals surface area contributed by atoms with E-state index in [1.54, 1.807) is 12.1 Å². The molecule has 0 spiro atoms. The molecule has 13 heteroatoms. The van der Waals surface area contributed by atoms with Gasteiger partial charge in [-0.25, -0.2) is 0 Å². The van der Waals surface area contributed by atoms with Crippen LogP contribution in [0.3, 0.4) is 0 Å². The largest absolute Gasteiger partial charge is 0.505 e. The molecule has 4 rings (SSSR count). The van der Waals surface area contributed by atoms with E-state index in [2.05, 4.69) is 20.4 Å². The average molecular weight is 624 g/mol. The number of hydrogen-bond acceptors (Lipinski definition) is 11. The number of carbonyl (C=O) groups excluding carboxylic acids is 2. The van der Waals surface area contributed by atoms with Gasteiger partial charge in [0.15, 0.2) is 12.2 Å². The lowest BCUT2D eigenvalue weighted by Gasteiger charge is -2.29. The Hall–Kier alpha value is -4.11. The monoisotopic (exact) mass is 623 g/mol. The SMILES string of the molecule is Cc1cc(CN2CCCN(Cc3cc(C)cc(NC(=O)C(O)CO)c3O)Cc3cccc(n3)C2)c(O)c(NC(=O)C(O)CO)c1. The van der Waals surface area contributed by atoms with E-state index in [0.717, 1.165) is 28.9 Å². The molecule has 2 amide bonds. The van der Waals surface area contributed by atoms with Gasteiger partial charge in [-0.05, 0) is 55.7 Å². The third-order valence-corrected chi connectivity index (χ3v) is 7.51. The zero-order valence-electron chi connectivity index (χ0n) is 25.4. The normalized spacial score (nSPS) is 15.7. The minimum absolute atomic E-state index is 0.121. The molecule has 1 aliphatic heterocycles. The lowest BCUT2D eigenvalue weighted by atomic mass is 10.1. The number of aliphatic hydroxyl groups excluding tert-OH is 4. The molecule has 0 radical (unpaired) electrons. The molecule has 8 N–H and O–H groups in total. The second-order valence-corrected chi connectivity index (χ2v) is 11.4. The topological polar surface area (TPSA) is 199 Å². The molecule has 45 heavy (non-hydrogen) atoms. The molecule has 13 nitrogen and oxygen atoms in total. The molecule has 0 aliphatic carbocycles. The Morgan fingerprint density at radius 3 is 1.60 bits per heavy atom. The number of amides is 2. The van der Waals surface area contributed by atoms with Crippen LogP contribution in [-0.4, -0.2) is 95.7 Å². The van der Waals surface area contributed by atoms with Crippen molar-refractivity contribution in [2.75, 3.05) is 36.9 Å². The fourth-order valence-corrected chi connectivity index (χ4v) is 5.33. The van der Waals surface area contributed by atoms with Gasteiger partial charge in [-0.3, -0.25) is 24.4 Å². The summed E-state index contributed by atoms with van der Waals surface area (Å²) in [6.45, 7) is 5.22. The number of phenolic OH excluding ortho intramolecular Hbond substituents is 2. The van der Waals surface area contributed by atoms with Crippen LogP contribution in [-0.2, 0) is 35.8 Å². The van der Waals surface area contributed by atoms with Gasteiger partial charge in [0, 0.05) is 50.4 Å². The summed E-state index contributed by atoms with van der Waals surface area (Å²) in [7, 11) is 0. The van der Waals surface area contributed by atoms with E-state index in [4.69, 9.17) is 15.2 Å². The highest BCUT2D eigenvalue weighted by Crippen LogP contribution is 2.33. The molecule has 1 aromatic heterocycles. The first kappa shape index (κ1) is 33.8. The molecule has 2 unspecified atom stereocenters. The number of aryl methyl sites for hydroxylation is 2. The number of hydrogen-bond donors (Lipinski definition) is 8. The van der Waals surface area contributed by atoms with Crippen LogP contribution in [0.1, 0.15) is 40.1 Å². The molecule has 2 atom stereocenters. The molecule has 2 aromatic carbocycles. The molecular formula is C32H41N5O8. The van der Waals surface area contributed by atoms with Gasteiger partial charge in [-0.15, -0.1) is 0 Å². The van der Waals surface area contributed by atoms with Crippen molar-refractivity contribution in [2.24, 2.45) is 0 Å².